The van der Waals surface area contributed by atoms with Crippen LogP contribution in [0, 0.1) is 11.7 Å². The SMILES string of the molecule is COc1c(F)cccc1Nc1c2[nH]c3c1C(=O)NCC3CC1CCCN(CCCCOc3cnccc3-2)C1. The molecule has 38 heavy (non-hydrogen) atoms. The lowest BCUT2D eigenvalue weighted by molar-refractivity contribution is 0.0933. The van der Waals surface area contributed by atoms with Gasteiger partial charge in [0.05, 0.1) is 42.5 Å². The van der Waals surface area contributed by atoms with Gasteiger partial charge >= 0.3 is 0 Å². The molecule has 3 unspecified atom stereocenters. The van der Waals surface area contributed by atoms with Gasteiger partial charge in [-0.2, -0.15) is 0 Å². The number of aromatic amines is 1. The van der Waals surface area contributed by atoms with Gasteiger partial charge in [0.2, 0.25) is 0 Å². The summed E-state index contributed by atoms with van der Waals surface area (Å²) >= 11 is 0. The van der Waals surface area contributed by atoms with Crippen LogP contribution in [-0.2, 0) is 0 Å². The van der Waals surface area contributed by atoms with Gasteiger partial charge in [0.25, 0.3) is 5.91 Å². The first-order valence-corrected chi connectivity index (χ1v) is 13.6. The third-order valence-corrected chi connectivity index (χ3v) is 8.01. The molecule has 1 amide bonds. The number of rotatable bonds is 3. The average Bonchev–Trinajstić information content (AvgIpc) is 3.30. The Bertz CT molecular complexity index is 1330. The third-order valence-electron chi connectivity index (χ3n) is 8.01. The number of halogens is 1. The van der Waals surface area contributed by atoms with Crippen molar-refractivity contribution in [1.82, 2.24) is 20.2 Å². The number of carbonyl (C=O) groups excluding carboxylic acids is 1. The highest BCUT2D eigenvalue weighted by atomic mass is 19.1. The van der Waals surface area contributed by atoms with E-state index >= 15 is 0 Å². The average molecular weight is 520 g/mol. The molecule has 3 N–H and O–H groups in total. The lowest BCUT2D eigenvalue weighted by Crippen LogP contribution is -2.39. The summed E-state index contributed by atoms with van der Waals surface area (Å²) in [5.41, 5.74) is 4.03. The van der Waals surface area contributed by atoms with Gasteiger partial charge in [-0.3, -0.25) is 9.78 Å². The minimum atomic E-state index is -0.477. The molecule has 1 aromatic carbocycles. The van der Waals surface area contributed by atoms with Crippen molar-refractivity contribution in [3.8, 4) is 22.8 Å². The molecule has 3 aliphatic heterocycles. The third kappa shape index (κ3) is 4.71. The molecule has 1 fully saturated rings. The van der Waals surface area contributed by atoms with E-state index in [1.54, 1.807) is 24.5 Å². The number of aromatic nitrogens is 2. The summed E-state index contributed by atoms with van der Waals surface area (Å²) in [5, 5.41) is 6.48. The zero-order valence-corrected chi connectivity index (χ0v) is 21.7. The van der Waals surface area contributed by atoms with E-state index in [1.807, 2.05) is 6.07 Å². The number of pyridine rings is 1. The van der Waals surface area contributed by atoms with Crippen molar-refractivity contribution in [2.75, 3.05) is 45.2 Å². The fourth-order valence-electron chi connectivity index (χ4n) is 6.22. The molecular formula is C29H34FN5O3. The molecule has 9 heteroatoms. The topological polar surface area (TPSA) is 91.5 Å². The molecule has 0 radical (unpaired) electrons. The Morgan fingerprint density at radius 2 is 2.11 bits per heavy atom. The number of amides is 1. The number of piperidine rings is 1. The molecule has 6 rings (SSSR count). The first kappa shape index (κ1) is 24.7. The van der Waals surface area contributed by atoms with E-state index in [4.69, 9.17) is 9.47 Å². The summed E-state index contributed by atoms with van der Waals surface area (Å²) in [5.74, 6) is 0.825. The summed E-state index contributed by atoms with van der Waals surface area (Å²) in [6.07, 6.45) is 8.87. The Kier molecular flexibility index (Phi) is 6.93. The molecule has 2 aromatic heterocycles. The lowest BCUT2D eigenvalue weighted by Gasteiger charge is -2.35. The zero-order chi connectivity index (χ0) is 26.1. The number of hydrogen-bond acceptors (Lipinski definition) is 6. The zero-order valence-electron chi connectivity index (χ0n) is 21.7. The highest BCUT2D eigenvalue weighted by molar-refractivity contribution is 6.07. The second-order valence-corrected chi connectivity index (χ2v) is 10.5. The monoisotopic (exact) mass is 519 g/mol. The second kappa shape index (κ2) is 10.6. The van der Waals surface area contributed by atoms with Crippen LogP contribution in [0.5, 0.6) is 11.5 Å². The van der Waals surface area contributed by atoms with E-state index < -0.39 is 5.82 Å². The summed E-state index contributed by atoms with van der Waals surface area (Å²) in [6.45, 7) is 4.49. The number of hydrogen-bond donors (Lipinski definition) is 3. The molecule has 3 aromatic rings. The molecule has 4 bridgehead atoms. The quantitative estimate of drug-likeness (QED) is 0.448. The molecule has 0 spiro atoms. The number of ether oxygens (including phenoxy) is 2. The Labute approximate surface area is 221 Å². The number of nitrogens with one attached hydrogen (secondary N) is 3. The molecular weight excluding hydrogens is 485 g/mol. The van der Waals surface area contributed by atoms with Crippen LogP contribution >= 0.6 is 0 Å². The largest absolute Gasteiger partial charge is 0.492 e. The minimum Gasteiger partial charge on any atom is -0.492 e. The van der Waals surface area contributed by atoms with Gasteiger partial charge in [-0.25, -0.2) is 4.39 Å². The normalized spacial score (nSPS) is 23.2. The molecule has 5 heterocycles. The van der Waals surface area contributed by atoms with Crippen molar-refractivity contribution in [1.29, 1.82) is 0 Å². The van der Waals surface area contributed by atoms with Crippen LogP contribution in [0.2, 0.25) is 0 Å². The summed E-state index contributed by atoms with van der Waals surface area (Å²) < 4.78 is 26.2. The molecule has 3 atom stereocenters. The molecule has 200 valence electrons. The maximum Gasteiger partial charge on any atom is 0.255 e. The van der Waals surface area contributed by atoms with Gasteiger partial charge in [0.1, 0.15) is 5.75 Å². The first-order chi connectivity index (χ1) is 18.6. The smallest absolute Gasteiger partial charge is 0.255 e. The van der Waals surface area contributed by atoms with E-state index in [2.05, 4.69) is 25.5 Å². The molecule has 0 aliphatic carbocycles. The Morgan fingerprint density at radius 3 is 3.00 bits per heavy atom. The number of benzene rings is 1. The Hall–Kier alpha value is -3.59. The number of nitrogens with zero attached hydrogens (tertiary/aromatic N) is 2. The van der Waals surface area contributed by atoms with E-state index in [1.165, 1.54) is 26.0 Å². The number of para-hydroxylation sites is 1. The van der Waals surface area contributed by atoms with Crippen LogP contribution in [0.4, 0.5) is 15.8 Å². The molecule has 0 saturated carbocycles. The fourth-order valence-corrected chi connectivity index (χ4v) is 6.22. The van der Waals surface area contributed by atoms with Crippen molar-refractivity contribution in [2.24, 2.45) is 5.92 Å². The van der Waals surface area contributed by atoms with E-state index in [9.17, 15) is 9.18 Å². The lowest BCUT2D eigenvalue weighted by atomic mass is 9.84. The molecule has 3 aliphatic rings. The maximum absolute atomic E-state index is 14.6. The van der Waals surface area contributed by atoms with Gasteiger partial charge < -0.3 is 30.0 Å². The number of methoxy groups -OCH3 is 1. The summed E-state index contributed by atoms with van der Waals surface area (Å²) in [4.78, 5) is 23.9. The van der Waals surface area contributed by atoms with Crippen LogP contribution in [-0.4, -0.2) is 60.7 Å². The summed E-state index contributed by atoms with van der Waals surface area (Å²) in [6, 6.07) is 6.61. The minimum absolute atomic E-state index is 0.0943. The first-order valence-electron chi connectivity index (χ1n) is 13.6. The van der Waals surface area contributed by atoms with Crippen LogP contribution in [0.3, 0.4) is 0 Å². The fraction of sp³-hybridized carbons (Fsp3) is 0.448. The van der Waals surface area contributed by atoms with Crippen LogP contribution in [0.1, 0.15) is 54.1 Å². The maximum atomic E-state index is 14.6. The Balaban J connectivity index is 1.50. The molecule has 8 nitrogen and oxygen atoms in total. The van der Waals surface area contributed by atoms with E-state index in [-0.39, 0.29) is 17.6 Å². The van der Waals surface area contributed by atoms with Crippen molar-refractivity contribution in [3.05, 3.63) is 53.7 Å². The standard InChI is InChI=1S/C29H34FN5O3/c1-37-28-21(30)7-4-8-22(28)33-27-24-25-19(15-32-29(24)36)14-18-6-5-12-35(17-18)11-2-3-13-38-23-16-31-10-9-20(23)26(27)34-25/h4,7-10,16,18-19,33-34H,2-3,5-6,11-15,17H2,1H3,(H,32,36). The van der Waals surface area contributed by atoms with Crippen molar-refractivity contribution in [3.63, 3.8) is 0 Å². The van der Waals surface area contributed by atoms with Crippen molar-refractivity contribution in [2.45, 2.75) is 38.0 Å². The van der Waals surface area contributed by atoms with Crippen LogP contribution in [0.15, 0.2) is 36.7 Å². The van der Waals surface area contributed by atoms with Crippen LogP contribution in [0.25, 0.3) is 11.3 Å². The van der Waals surface area contributed by atoms with Gasteiger partial charge in [-0.1, -0.05) is 6.07 Å². The predicted octanol–water partition coefficient (Wildman–Crippen LogP) is 5.07. The van der Waals surface area contributed by atoms with Gasteiger partial charge in [0, 0.05) is 36.5 Å². The number of carbonyl (C=O) groups is 1. The van der Waals surface area contributed by atoms with Crippen molar-refractivity contribution >= 4 is 17.3 Å². The van der Waals surface area contributed by atoms with Crippen molar-refractivity contribution < 1.29 is 18.7 Å². The predicted molar refractivity (Wildman–Crippen MR) is 144 cm³/mol. The summed E-state index contributed by atoms with van der Waals surface area (Å²) in [7, 11) is 1.44. The number of anilines is 2. The second-order valence-electron chi connectivity index (χ2n) is 10.5. The van der Waals surface area contributed by atoms with Gasteiger partial charge in [-0.05, 0) is 69.3 Å². The van der Waals surface area contributed by atoms with Gasteiger partial charge in [0.15, 0.2) is 11.6 Å². The number of fused-ring (bicyclic) bond motifs is 5. The highest BCUT2D eigenvalue weighted by Crippen LogP contribution is 2.45. The van der Waals surface area contributed by atoms with Gasteiger partial charge in [-0.15, -0.1) is 0 Å². The molecule has 1 saturated heterocycles. The Morgan fingerprint density at radius 1 is 1.21 bits per heavy atom. The van der Waals surface area contributed by atoms with E-state index in [0.717, 1.165) is 55.8 Å². The van der Waals surface area contributed by atoms with Crippen LogP contribution < -0.4 is 20.1 Å². The highest BCUT2D eigenvalue weighted by Gasteiger charge is 2.35. The van der Waals surface area contributed by atoms with E-state index in [0.29, 0.717) is 41.8 Å². The number of H-pyrrole nitrogens is 1.